The third-order valence-corrected chi connectivity index (χ3v) is 5.22. The van der Waals surface area contributed by atoms with E-state index in [2.05, 4.69) is 10.0 Å². The van der Waals surface area contributed by atoms with E-state index in [-0.39, 0.29) is 6.04 Å². The lowest BCUT2D eigenvalue weighted by Crippen LogP contribution is -2.47. The van der Waals surface area contributed by atoms with Crippen molar-refractivity contribution >= 4 is 10.2 Å². The monoisotopic (exact) mass is 261 g/mol. The molecule has 2 heterocycles. The number of piperidine rings is 1. The summed E-state index contributed by atoms with van der Waals surface area (Å²) in [5.74, 6) is 0. The second-order valence-electron chi connectivity index (χ2n) is 4.96. The van der Waals surface area contributed by atoms with Crippen LogP contribution in [0.2, 0.25) is 0 Å². The first-order valence-corrected chi connectivity index (χ1v) is 8.10. The van der Waals surface area contributed by atoms with E-state index >= 15 is 0 Å². The zero-order chi connectivity index (χ0) is 12.1. The molecule has 0 aromatic carbocycles. The van der Waals surface area contributed by atoms with Crippen molar-refractivity contribution in [1.29, 1.82) is 0 Å². The number of nitrogens with one attached hydrogen (secondary N) is 2. The van der Waals surface area contributed by atoms with Crippen LogP contribution in [0.4, 0.5) is 0 Å². The second-order valence-corrected chi connectivity index (χ2v) is 6.66. The summed E-state index contributed by atoms with van der Waals surface area (Å²) in [4.78, 5) is 0. The molecule has 0 radical (unpaired) electrons. The highest BCUT2D eigenvalue weighted by Gasteiger charge is 2.26. The van der Waals surface area contributed by atoms with Gasteiger partial charge in [0.25, 0.3) is 10.2 Å². The van der Waals surface area contributed by atoms with Gasteiger partial charge in [0.1, 0.15) is 0 Å². The predicted molar refractivity (Wildman–Crippen MR) is 68.0 cm³/mol. The first-order valence-electron chi connectivity index (χ1n) is 6.66. The van der Waals surface area contributed by atoms with Crippen LogP contribution < -0.4 is 10.0 Å². The summed E-state index contributed by atoms with van der Waals surface area (Å²) in [7, 11) is -3.24. The third-order valence-electron chi connectivity index (χ3n) is 3.55. The van der Waals surface area contributed by atoms with Crippen molar-refractivity contribution in [3.63, 3.8) is 0 Å². The van der Waals surface area contributed by atoms with E-state index in [4.69, 9.17) is 0 Å². The lowest BCUT2D eigenvalue weighted by Gasteiger charge is -2.28. The summed E-state index contributed by atoms with van der Waals surface area (Å²) < 4.78 is 28.8. The lowest BCUT2D eigenvalue weighted by molar-refractivity contribution is 0.336. The summed E-state index contributed by atoms with van der Waals surface area (Å²) in [5, 5.41) is 3.29. The van der Waals surface area contributed by atoms with E-state index in [9.17, 15) is 8.42 Å². The van der Waals surface area contributed by atoms with Gasteiger partial charge in [-0.15, -0.1) is 0 Å². The van der Waals surface area contributed by atoms with E-state index in [1.807, 2.05) is 0 Å². The Bertz CT molecular complexity index is 318. The van der Waals surface area contributed by atoms with Gasteiger partial charge in [0.2, 0.25) is 0 Å². The highest BCUT2D eigenvalue weighted by Crippen LogP contribution is 2.14. The van der Waals surface area contributed by atoms with Gasteiger partial charge in [-0.05, 0) is 45.2 Å². The highest BCUT2D eigenvalue weighted by atomic mass is 32.2. The predicted octanol–water partition coefficient (Wildman–Crippen LogP) is 0.449. The Morgan fingerprint density at radius 1 is 1.00 bits per heavy atom. The highest BCUT2D eigenvalue weighted by molar-refractivity contribution is 7.87. The minimum absolute atomic E-state index is 0.108. The SMILES string of the molecule is O=S(=O)(NC1CCCNCC1)N1CCCCC1. The Labute approximate surface area is 104 Å². The van der Waals surface area contributed by atoms with Gasteiger partial charge in [-0.25, -0.2) is 0 Å². The molecule has 17 heavy (non-hydrogen) atoms. The fourth-order valence-corrected chi connectivity index (χ4v) is 4.07. The molecule has 1 unspecified atom stereocenters. The van der Waals surface area contributed by atoms with Crippen LogP contribution >= 0.6 is 0 Å². The van der Waals surface area contributed by atoms with Gasteiger partial charge >= 0.3 is 0 Å². The van der Waals surface area contributed by atoms with Gasteiger partial charge in [0.05, 0.1) is 0 Å². The molecule has 0 aliphatic carbocycles. The second kappa shape index (κ2) is 6.13. The quantitative estimate of drug-likeness (QED) is 0.775. The van der Waals surface area contributed by atoms with Crippen LogP contribution in [-0.4, -0.2) is 44.9 Å². The maximum absolute atomic E-state index is 12.2. The third kappa shape index (κ3) is 3.91. The Kier molecular flexibility index (Phi) is 4.78. The summed E-state index contributed by atoms with van der Waals surface area (Å²) in [5.41, 5.74) is 0. The molecule has 2 saturated heterocycles. The zero-order valence-corrected chi connectivity index (χ0v) is 11.1. The molecule has 0 aromatic heterocycles. The molecule has 2 rings (SSSR count). The van der Waals surface area contributed by atoms with Crippen molar-refractivity contribution < 1.29 is 8.42 Å². The standard InChI is InChI=1S/C11H23N3O2S/c15-17(16,14-9-2-1-3-10-14)13-11-5-4-7-12-8-6-11/h11-13H,1-10H2. The van der Waals surface area contributed by atoms with E-state index in [0.29, 0.717) is 13.1 Å². The van der Waals surface area contributed by atoms with Crippen LogP contribution in [0.3, 0.4) is 0 Å². The first kappa shape index (κ1) is 13.3. The van der Waals surface area contributed by atoms with Crippen molar-refractivity contribution in [3.05, 3.63) is 0 Å². The molecule has 2 fully saturated rings. The van der Waals surface area contributed by atoms with Gasteiger partial charge < -0.3 is 5.32 Å². The van der Waals surface area contributed by atoms with Gasteiger partial charge in [-0.2, -0.15) is 17.4 Å². The van der Waals surface area contributed by atoms with Gasteiger partial charge in [0.15, 0.2) is 0 Å². The van der Waals surface area contributed by atoms with Crippen LogP contribution in [0, 0.1) is 0 Å². The first-order chi connectivity index (χ1) is 8.18. The molecule has 0 aromatic rings. The topological polar surface area (TPSA) is 61.4 Å². The molecule has 2 aliphatic heterocycles. The van der Waals surface area contributed by atoms with E-state index in [0.717, 1.165) is 51.6 Å². The van der Waals surface area contributed by atoms with Crippen LogP contribution in [0.5, 0.6) is 0 Å². The Balaban J connectivity index is 1.90. The van der Waals surface area contributed by atoms with Crippen LogP contribution in [-0.2, 0) is 10.2 Å². The molecule has 100 valence electrons. The molecular formula is C11H23N3O2S. The molecule has 2 N–H and O–H groups in total. The van der Waals surface area contributed by atoms with Crippen LogP contribution in [0.15, 0.2) is 0 Å². The van der Waals surface area contributed by atoms with Gasteiger partial charge in [-0.1, -0.05) is 6.42 Å². The van der Waals surface area contributed by atoms with Gasteiger partial charge in [0, 0.05) is 19.1 Å². The Morgan fingerprint density at radius 3 is 2.53 bits per heavy atom. The van der Waals surface area contributed by atoms with Crippen molar-refractivity contribution in [2.75, 3.05) is 26.2 Å². The number of rotatable bonds is 3. The fourth-order valence-electron chi connectivity index (χ4n) is 2.53. The average Bonchev–Trinajstić information content (AvgIpc) is 2.58. The summed E-state index contributed by atoms with van der Waals surface area (Å²) in [6.45, 7) is 3.27. The summed E-state index contributed by atoms with van der Waals surface area (Å²) in [6, 6.07) is 0.108. The molecule has 0 spiro atoms. The molecule has 0 amide bonds. The van der Waals surface area contributed by atoms with Crippen molar-refractivity contribution in [2.24, 2.45) is 0 Å². The number of nitrogens with zero attached hydrogens (tertiary/aromatic N) is 1. The molecule has 0 saturated carbocycles. The largest absolute Gasteiger partial charge is 0.317 e. The molecule has 0 bridgehead atoms. The Hall–Kier alpha value is -0.170. The minimum Gasteiger partial charge on any atom is -0.317 e. The van der Waals surface area contributed by atoms with Crippen molar-refractivity contribution in [1.82, 2.24) is 14.3 Å². The van der Waals surface area contributed by atoms with Crippen molar-refractivity contribution in [2.45, 2.75) is 44.6 Å². The number of hydrogen-bond donors (Lipinski definition) is 2. The molecule has 6 heteroatoms. The number of hydrogen-bond acceptors (Lipinski definition) is 3. The van der Waals surface area contributed by atoms with E-state index < -0.39 is 10.2 Å². The normalized spacial score (nSPS) is 28.8. The van der Waals surface area contributed by atoms with Gasteiger partial charge in [-0.3, -0.25) is 0 Å². The molecule has 1 atom stereocenters. The summed E-state index contributed by atoms with van der Waals surface area (Å²) in [6.07, 6.45) is 6.03. The maximum Gasteiger partial charge on any atom is 0.279 e. The molecule has 2 aliphatic rings. The molecule has 5 nitrogen and oxygen atoms in total. The smallest absolute Gasteiger partial charge is 0.279 e. The fraction of sp³-hybridized carbons (Fsp3) is 1.00. The minimum atomic E-state index is -3.24. The van der Waals surface area contributed by atoms with Crippen molar-refractivity contribution in [3.8, 4) is 0 Å². The van der Waals surface area contributed by atoms with Crippen LogP contribution in [0.1, 0.15) is 38.5 Å². The molecular weight excluding hydrogens is 238 g/mol. The zero-order valence-electron chi connectivity index (χ0n) is 10.3. The summed E-state index contributed by atoms with van der Waals surface area (Å²) >= 11 is 0. The lowest BCUT2D eigenvalue weighted by atomic mass is 10.1. The maximum atomic E-state index is 12.2. The Morgan fingerprint density at radius 2 is 1.76 bits per heavy atom. The average molecular weight is 261 g/mol. The van der Waals surface area contributed by atoms with E-state index in [1.54, 1.807) is 4.31 Å². The van der Waals surface area contributed by atoms with Crippen LogP contribution in [0.25, 0.3) is 0 Å². The van der Waals surface area contributed by atoms with E-state index in [1.165, 1.54) is 0 Å².